The van der Waals surface area contributed by atoms with Crippen molar-refractivity contribution in [1.82, 2.24) is 5.48 Å². The van der Waals surface area contributed by atoms with E-state index in [0.717, 1.165) is 6.42 Å². The number of rotatable bonds is 4. The summed E-state index contributed by atoms with van der Waals surface area (Å²) in [7, 11) is 0. The van der Waals surface area contributed by atoms with E-state index in [-0.39, 0.29) is 6.54 Å². The summed E-state index contributed by atoms with van der Waals surface area (Å²) in [4.78, 5) is 0. The molecule has 0 aromatic carbocycles. The lowest BCUT2D eigenvalue weighted by atomic mass is 9.85. The maximum Gasteiger partial charge on any atom is 0.0872 e. The van der Waals surface area contributed by atoms with E-state index in [1.54, 1.807) is 0 Å². The van der Waals surface area contributed by atoms with Crippen LogP contribution in [0.15, 0.2) is 11.9 Å². The van der Waals surface area contributed by atoms with Crippen molar-refractivity contribution < 1.29 is 9.60 Å². The largest absolute Gasteiger partial charge is 0.316 e. The molecule has 1 rings (SSSR count). The molecule has 2 N–H and O–H groups in total. The highest BCUT2D eigenvalue weighted by atomic mass is 19.1. The highest BCUT2D eigenvalue weighted by Crippen LogP contribution is 2.28. The molecule has 1 aliphatic rings. The summed E-state index contributed by atoms with van der Waals surface area (Å²) in [6, 6.07) is 0. The minimum atomic E-state index is 0.257. The third kappa shape index (κ3) is 3.87. The molecule has 1 saturated carbocycles. The van der Waals surface area contributed by atoms with E-state index in [4.69, 9.17) is 5.21 Å². The van der Waals surface area contributed by atoms with E-state index in [2.05, 4.69) is 0 Å². The molecule has 0 saturated heterocycles. The Kier molecular flexibility index (Phi) is 5.01. The highest BCUT2D eigenvalue weighted by molar-refractivity contribution is 5.01. The summed E-state index contributed by atoms with van der Waals surface area (Å²) in [6.45, 7) is 0.257. The molecule has 0 bridgehead atoms. The SMILES string of the molecule is ONC/C(=C\F)CC1CCCCC1. The first kappa shape index (κ1) is 10.7. The zero-order valence-electron chi connectivity index (χ0n) is 7.93. The smallest absolute Gasteiger partial charge is 0.0872 e. The number of halogens is 1. The van der Waals surface area contributed by atoms with Gasteiger partial charge in [0.05, 0.1) is 6.33 Å². The molecule has 0 unspecified atom stereocenters. The van der Waals surface area contributed by atoms with Crippen LogP contribution in [0.4, 0.5) is 4.39 Å². The molecule has 76 valence electrons. The van der Waals surface area contributed by atoms with Crippen LogP contribution in [0.3, 0.4) is 0 Å². The van der Waals surface area contributed by atoms with Crippen LogP contribution in [0.25, 0.3) is 0 Å². The quantitative estimate of drug-likeness (QED) is 0.663. The van der Waals surface area contributed by atoms with Crippen LogP contribution < -0.4 is 5.48 Å². The van der Waals surface area contributed by atoms with E-state index in [9.17, 15) is 4.39 Å². The van der Waals surface area contributed by atoms with Crippen molar-refractivity contribution in [2.24, 2.45) is 5.92 Å². The van der Waals surface area contributed by atoms with Crippen LogP contribution in [0.2, 0.25) is 0 Å². The van der Waals surface area contributed by atoms with Crippen LogP contribution in [0.5, 0.6) is 0 Å². The molecule has 1 fully saturated rings. The summed E-state index contributed by atoms with van der Waals surface area (Å²) in [6.07, 6.45) is 7.71. The first-order chi connectivity index (χ1) is 6.36. The fourth-order valence-corrected chi connectivity index (χ4v) is 2.02. The molecule has 0 aliphatic heterocycles. The summed E-state index contributed by atoms with van der Waals surface area (Å²) in [5.74, 6) is 0.629. The molecule has 0 aromatic rings. The van der Waals surface area contributed by atoms with Crippen molar-refractivity contribution in [1.29, 1.82) is 0 Å². The van der Waals surface area contributed by atoms with E-state index < -0.39 is 0 Å². The zero-order chi connectivity index (χ0) is 9.52. The van der Waals surface area contributed by atoms with Gasteiger partial charge in [0.15, 0.2) is 0 Å². The average Bonchev–Trinajstić information content (AvgIpc) is 2.19. The highest BCUT2D eigenvalue weighted by Gasteiger charge is 2.14. The Balaban J connectivity index is 2.27. The Morgan fingerprint density at radius 2 is 2.08 bits per heavy atom. The van der Waals surface area contributed by atoms with Crippen molar-refractivity contribution in [3.05, 3.63) is 11.9 Å². The molecule has 2 nitrogen and oxygen atoms in total. The second-order valence-corrected chi connectivity index (χ2v) is 3.81. The Morgan fingerprint density at radius 1 is 1.38 bits per heavy atom. The van der Waals surface area contributed by atoms with Crippen LogP contribution in [-0.4, -0.2) is 11.8 Å². The van der Waals surface area contributed by atoms with Gasteiger partial charge in [0.25, 0.3) is 0 Å². The summed E-state index contributed by atoms with van der Waals surface area (Å²) in [5, 5.41) is 8.44. The van der Waals surface area contributed by atoms with Crippen LogP contribution in [0, 0.1) is 5.92 Å². The maximum atomic E-state index is 12.3. The second-order valence-electron chi connectivity index (χ2n) is 3.81. The predicted molar refractivity (Wildman–Crippen MR) is 50.2 cm³/mol. The van der Waals surface area contributed by atoms with Gasteiger partial charge in [0.2, 0.25) is 0 Å². The second kappa shape index (κ2) is 6.11. The van der Waals surface area contributed by atoms with Crippen LogP contribution >= 0.6 is 0 Å². The van der Waals surface area contributed by atoms with Gasteiger partial charge in [0, 0.05) is 6.54 Å². The molecule has 3 heteroatoms. The summed E-state index contributed by atoms with van der Waals surface area (Å²) < 4.78 is 12.3. The average molecular weight is 187 g/mol. The normalized spacial score (nSPS) is 20.6. The van der Waals surface area contributed by atoms with Crippen molar-refractivity contribution in [2.75, 3.05) is 6.54 Å². The molecule has 0 heterocycles. The van der Waals surface area contributed by atoms with Gasteiger partial charge < -0.3 is 5.21 Å². The monoisotopic (exact) mass is 187 g/mol. The Hall–Kier alpha value is -0.410. The molecule has 0 aromatic heterocycles. The molecular weight excluding hydrogens is 169 g/mol. The van der Waals surface area contributed by atoms with Crippen molar-refractivity contribution >= 4 is 0 Å². The van der Waals surface area contributed by atoms with E-state index in [1.807, 2.05) is 5.48 Å². The molecule has 0 radical (unpaired) electrons. The lowest BCUT2D eigenvalue weighted by Crippen LogP contribution is -2.15. The Bertz CT molecular complexity index is 164. The first-order valence-electron chi connectivity index (χ1n) is 5.02. The van der Waals surface area contributed by atoms with Crippen LogP contribution in [-0.2, 0) is 0 Å². The third-order valence-corrected chi connectivity index (χ3v) is 2.74. The number of hydroxylamine groups is 1. The molecular formula is C10H18FNO. The van der Waals surface area contributed by atoms with Crippen LogP contribution in [0.1, 0.15) is 38.5 Å². The van der Waals surface area contributed by atoms with Gasteiger partial charge in [-0.15, -0.1) is 0 Å². The van der Waals surface area contributed by atoms with Gasteiger partial charge in [-0.25, -0.2) is 9.87 Å². The van der Waals surface area contributed by atoms with Gasteiger partial charge >= 0.3 is 0 Å². The van der Waals surface area contributed by atoms with Gasteiger partial charge in [-0.3, -0.25) is 0 Å². The number of nitrogens with one attached hydrogen (secondary N) is 1. The third-order valence-electron chi connectivity index (χ3n) is 2.74. The predicted octanol–water partition coefficient (Wildman–Crippen LogP) is 2.79. The minimum Gasteiger partial charge on any atom is -0.316 e. The Morgan fingerprint density at radius 3 is 2.62 bits per heavy atom. The standard InChI is InChI=1S/C10H18FNO/c11-7-10(8-12-13)6-9-4-2-1-3-5-9/h7,9,12-13H,1-6,8H2/b10-7-. The lowest BCUT2D eigenvalue weighted by Gasteiger charge is -2.22. The molecule has 0 amide bonds. The van der Waals surface area contributed by atoms with Crippen molar-refractivity contribution in [3.8, 4) is 0 Å². The molecule has 0 atom stereocenters. The maximum absolute atomic E-state index is 12.3. The summed E-state index contributed by atoms with van der Waals surface area (Å²) >= 11 is 0. The molecule has 1 aliphatic carbocycles. The number of hydrogen-bond donors (Lipinski definition) is 2. The fourth-order valence-electron chi connectivity index (χ4n) is 2.02. The van der Waals surface area contributed by atoms with Gasteiger partial charge in [0.1, 0.15) is 0 Å². The Labute approximate surface area is 78.8 Å². The molecule has 13 heavy (non-hydrogen) atoms. The van der Waals surface area contributed by atoms with Gasteiger partial charge in [-0.1, -0.05) is 32.1 Å². The van der Waals surface area contributed by atoms with Crippen molar-refractivity contribution in [2.45, 2.75) is 38.5 Å². The summed E-state index contributed by atoms with van der Waals surface area (Å²) in [5.41, 5.74) is 2.68. The topological polar surface area (TPSA) is 32.3 Å². The fraction of sp³-hybridized carbons (Fsp3) is 0.800. The lowest BCUT2D eigenvalue weighted by molar-refractivity contribution is 0.174. The van der Waals surface area contributed by atoms with E-state index in [0.29, 0.717) is 17.8 Å². The van der Waals surface area contributed by atoms with E-state index in [1.165, 1.54) is 32.1 Å². The van der Waals surface area contributed by atoms with Gasteiger partial charge in [-0.05, 0) is 17.9 Å². The van der Waals surface area contributed by atoms with E-state index >= 15 is 0 Å². The van der Waals surface area contributed by atoms with Gasteiger partial charge in [-0.2, -0.15) is 0 Å². The minimum absolute atomic E-state index is 0.257. The molecule has 0 spiro atoms. The first-order valence-corrected chi connectivity index (χ1v) is 5.02. The van der Waals surface area contributed by atoms with Crippen molar-refractivity contribution in [3.63, 3.8) is 0 Å². The zero-order valence-corrected chi connectivity index (χ0v) is 7.93. The number of hydrogen-bond acceptors (Lipinski definition) is 2.